The summed E-state index contributed by atoms with van der Waals surface area (Å²) in [6.45, 7) is 8.79. The molecule has 0 aromatic heterocycles. The number of aryl methyl sites for hydroxylation is 2. The molecule has 0 saturated carbocycles. The summed E-state index contributed by atoms with van der Waals surface area (Å²) >= 11 is 1.52. The van der Waals surface area contributed by atoms with Crippen molar-refractivity contribution in [1.82, 2.24) is 4.90 Å². The van der Waals surface area contributed by atoms with Crippen molar-refractivity contribution >= 4 is 35.1 Å². The minimum Gasteiger partial charge on any atom is -0.308 e. The lowest BCUT2D eigenvalue weighted by Gasteiger charge is -2.33. The van der Waals surface area contributed by atoms with Gasteiger partial charge in [-0.2, -0.15) is 0 Å². The molecule has 180 valence electrons. The molecule has 2 aliphatic rings. The number of halogens is 1. The number of nitrogens with one attached hydrogen (secondary N) is 1. The maximum absolute atomic E-state index is 14.3. The molecule has 1 saturated heterocycles. The Bertz CT molecular complexity index is 1320. The van der Waals surface area contributed by atoms with E-state index in [0.29, 0.717) is 18.8 Å². The number of amides is 3. The van der Waals surface area contributed by atoms with Crippen molar-refractivity contribution in [2.24, 2.45) is 0 Å². The van der Waals surface area contributed by atoms with Crippen LogP contribution >= 0.6 is 11.8 Å². The van der Waals surface area contributed by atoms with Crippen molar-refractivity contribution < 1.29 is 14.0 Å². The standard InChI is InChI=1S/C28H28FN3O2S/c1-18-6-5-7-22(14-18)30-26(34)32-17-27(3,4)35-28(32)23-15-19(2)8-13-24(23)31(25(28)33)16-20-9-11-21(29)12-10-20/h5-15H,16-17H2,1-4H3,(H,30,34). The smallest absolute Gasteiger partial charge is 0.308 e. The summed E-state index contributed by atoms with van der Waals surface area (Å²) in [5.74, 6) is -0.474. The van der Waals surface area contributed by atoms with Gasteiger partial charge in [0.15, 0.2) is 4.87 Å². The van der Waals surface area contributed by atoms with E-state index in [4.69, 9.17) is 0 Å². The number of thioether (sulfide) groups is 1. The third-order valence-electron chi connectivity index (χ3n) is 6.45. The van der Waals surface area contributed by atoms with Crippen LogP contribution in [0.25, 0.3) is 0 Å². The Hall–Kier alpha value is -3.32. The van der Waals surface area contributed by atoms with Gasteiger partial charge in [0.2, 0.25) is 0 Å². The van der Waals surface area contributed by atoms with E-state index in [0.717, 1.165) is 27.9 Å². The summed E-state index contributed by atoms with van der Waals surface area (Å²) in [5, 5.41) is 3.01. The third-order valence-corrected chi connectivity index (χ3v) is 8.05. The molecule has 0 radical (unpaired) electrons. The third kappa shape index (κ3) is 4.08. The zero-order valence-corrected chi connectivity index (χ0v) is 21.1. The Balaban J connectivity index is 1.58. The van der Waals surface area contributed by atoms with Crippen molar-refractivity contribution in [1.29, 1.82) is 0 Å². The van der Waals surface area contributed by atoms with Gasteiger partial charge >= 0.3 is 6.03 Å². The van der Waals surface area contributed by atoms with Crippen LogP contribution in [0, 0.1) is 19.7 Å². The van der Waals surface area contributed by atoms with Crippen LogP contribution in [0.15, 0.2) is 66.7 Å². The maximum atomic E-state index is 14.3. The first kappa shape index (κ1) is 23.4. The normalized spacial score (nSPS) is 20.4. The van der Waals surface area contributed by atoms with Crippen molar-refractivity contribution in [3.05, 3.63) is 94.8 Å². The van der Waals surface area contributed by atoms with Crippen molar-refractivity contribution in [3.63, 3.8) is 0 Å². The fraction of sp³-hybridized carbons (Fsp3) is 0.286. The van der Waals surface area contributed by atoms with Gasteiger partial charge in [0.25, 0.3) is 5.91 Å². The number of benzene rings is 3. The van der Waals surface area contributed by atoms with Crippen molar-refractivity contribution in [2.45, 2.75) is 43.9 Å². The summed E-state index contributed by atoms with van der Waals surface area (Å²) in [6, 6.07) is 19.4. The highest BCUT2D eigenvalue weighted by Crippen LogP contribution is 2.60. The molecule has 2 heterocycles. The number of hydrogen-bond acceptors (Lipinski definition) is 3. The fourth-order valence-electron chi connectivity index (χ4n) is 4.96. The Morgan fingerprint density at radius 1 is 1.03 bits per heavy atom. The van der Waals surface area contributed by atoms with Gasteiger partial charge in [0.1, 0.15) is 5.82 Å². The zero-order chi connectivity index (χ0) is 25.0. The molecule has 5 rings (SSSR count). The van der Waals surface area contributed by atoms with E-state index >= 15 is 0 Å². The molecule has 7 heteroatoms. The number of anilines is 2. The number of rotatable bonds is 3. The lowest BCUT2D eigenvalue weighted by atomic mass is 10.0. The van der Waals surface area contributed by atoms with Crippen LogP contribution in [0.3, 0.4) is 0 Å². The van der Waals surface area contributed by atoms with E-state index < -0.39 is 4.87 Å². The Labute approximate surface area is 209 Å². The summed E-state index contributed by atoms with van der Waals surface area (Å²) in [6.07, 6.45) is 0. The van der Waals surface area contributed by atoms with Crippen LogP contribution in [0.4, 0.5) is 20.6 Å². The number of hydrogen-bond donors (Lipinski definition) is 1. The lowest BCUT2D eigenvalue weighted by molar-refractivity contribution is -0.123. The molecule has 35 heavy (non-hydrogen) atoms. The van der Waals surface area contributed by atoms with Crippen LogP contribution < -0.4 is 10.2 Å². The second-order valence-corrected chi connectivity index (χ2v) is 11.8. The Kier molecular flexibility index (Phi) is 5.63. The van der Waals surface area contributed by atoms with Gasteiger partial charge < -0.3 is 10.2 Å². The van der Waals surface area contributed by atoms with Crippen LogP contribution in [-0.4, -0.2) is 28.1 Å². The first-order chi connectivity index (χ1) is 16.6. The van der Waals surface area contributed by atoms with Gasteiger partial charge in [-0.15, -0.1) is 11.8 Å². The quantitative estimate of drug-likeness (QED) is 0.477. The van der Waals surface area contributed by atoms with E-state index in [2.05, 4.69) is 19.2 Å². The molecular weight excluding hydrogens is 461 g/mol. The van der Waals surface area contributed by atoms with Crippen LogP contribution in [-0.2, 0) is 16.2 Å². The average Bonchev–Trinajstić information content (AvgIpc) is 3.21. The van der Waals surface area contributed by atoms with E-state index in [1.165, 1.54) is 23.9 Å². The molecule has 3 amide bonds. The van der Waals surface area contributed by atoms with E-state index in [9.17, 15) is 14.0 Å². The minimum atomic E-state index is -1.18. The van der Waals surface area contributed by atoms with Crippen molar-refractivity contribution in [2.75, 3.05) is 16.8 Å². The molecule has 0 bridgehead atoms. The van der Waals surface area contributed by atoms with E-state index in [1.54, 1.807) is 21.9 Å². The largest absolute Gasteiger partial charge is 0.323 e. The van der Waals surface area contributed by atoms with Gasteiger partial charge in [-0.05, 0) is 69.2 Å². The average molecular weight is 490 g/mol. The van der Waals surface area contributed by atoms with Gasteiger partial charge in [-0.3, -0.25) is 9.69 Å². The molecule has 3 aromatic rings. The van der Waals surface area contributed by atoms with Crippen LogP contribution in [0.2, 0.25) is 0 Å². The summed E-state index contributed by atoms with van der Waals surface area (Å²) in [7, 11) is 0. The number of urea groups is 1. The summed E-state index contributed by atoms with van der Waals surface area (Å²) in [5.41, 5.74) is 5.17. The molecule has 2 aliphatic heterocycles. The zero-order valence-electron chi connectivity index (χ0n) is 20.3. The number of fused-ring (bicyclic) bond motifs is 2. The van der Waals surface area contributed by atoms with Gasteiger partial charge in [0.05, 0.1) is 12.2 Å². The lowest BCUT2D eigenvalue weighted by Crippen LogP contribution is -2.51. The molecule has 1 N–H and O–H groups in total. The van der Waals surface area contributed by atoms with Gasteiger partial charge in [-0.25, -0.2) is 9.18 Å². The maximum Gasteiger partial charge on any atom is 0.323 e. The highest BCUT2D eigenvalue weighted by molar-refractivity contribution is 8.02. The first-order valence-corrected chi connectivity index (χ1v) is 12.4. The fourth-order valence-corrected chi connectivity index (χ4v) is 6.68. The van der Waals surface area contributed by atoms with E-state index in [1.807, 2.05) is 56.3 Å². The molecule has 1 fully saturated rings. The van der Waals surface area contributed by atoms with Crippen LogP contribution in [0.5, 0.6) is 0 Å². The Morgan fingerprint density at radius 3 is 2.46 bits per heavy atom. The number of carbonyl (C=O) groups excluding carboxylic acids is 2. The second kappa shape index (κ2) is 8.41. The van der Waals surface area contributed by atoms with Gasteiger partial charge in [-0.1, -0.05) is 42.0 Å². The summed E-state index contributed by atoms with van der Waals surface area (Å²) in [4.78, 5) is 30.2. The van der Waals surface area contributed by atoms with E-state index in [-0.39, 0.29) is 22.5 Å². The van der Waals surface area contributed by atoms with Crippen molar-refractivity contribution in [3.8, 4) is 0 Å². The second-order valence-electron chi connectivity index (χ2n) is 9.93. The molecular formula is C28H28FN3O2S. The SMILES string of the molecule is Cc1cccc(NC(=O)N2CC(C)(C)SC23C(=O)N(Cc2ccc(F)cc2)c2ccc(C)cc23)c1. The molecule has 1 unspecified atom stereocenters. The molecule has 3 aromatic carbocycles. The molecule has 1 atom stereocenters. The Morgan fingerprint density at radius 2 is 1.74 bits per heavy atom. The predicted molar refractivity (Wildman–Crippen MR) is 139 cm³/mol. The predicted octanol–water partition coefficient (Wildman–Crippen LogP) is 6.20. The molecule has 1 spiro atoms. The molecule has 0 aliphatic carbocycles. The first-order valence-electron chi connectivity index (χ1n) is 11.6. The van der Waals surface area contributed by atoms with Crippen LogP contribution in [0.1, 0.15) is 36.1 Å². The highest BCUT2D eigenvalue weighted by Gasteiger charge is 2.63. The number of nitrogens with zero attached hydrogens (tertiary/aromatic N) is 2. The monoisotopic (exact) mass is 489 g/mol. The minimum absolute atomic E-state index is 0.155. The van der Waals surface area contributed by atoms with Gasteiger partial charge in [0, 0.05) is 22.5 Å². The summed E-state index contributed by atoms with van der Waals surface area (Å²) < 4.78 is 13.2. The number of carbonyl (C=O) groups is 2. The molecule has 5 nitrogen and oxygen atoms in total. The highest BCUT2D eigenvalue weighted by atomic mass is 32.2. The topological polar surface area (TPSA) is 52.7 Å².